The molecular weight excluding hydrogens is 261 g/mol. The second-order valence-electron chi connectivity index (χ2n) is 3.61. The third kappa shape index (κ3) is 2.96. The minimum atomic E-state index is -4.04. The summed E-state index contributed by atoms with van der Waals surface area (Å²) in [7, 11) is -2.66. The number of nitrogen functional groups attached to an aromatic ring is 1. The van der Waals surface area contributed by atoms with E-state index >= 15 is 0 Å². The normalized spacial score (nSPS) is 13.1. The molecule has 6 nitrogen and oxygen atoms in total. The van der Waals surface area contributed by atoms with Crippen LogP contribution in [0.25, 0.3) is 0 Å². The molecule has 0 aliphatic rings. The fourth-order valence-corrected chi connectivity index (χ4v) is 2.66. The van der Waals surface area contributed by atoms with Gasteiger partial charge in [0.1, 0.15) is 10.7 Å². The van der Waals surface area contributed by atoms with E-state index in [1.165, 1.54) is 20.0 Å². The van der Waals surface area contributed by atoms with Gasteiger partial charge < -0.3 is 11.1 Å². The first-order valence-corrected chi connectivity index (χ1v) is 6.56. The topological polar surface area (TPSA) is 101 Å². The highest BCUT2D eigenvalue weighted by Crippen LogP contribution is 2.20. The number of carbonyl (C=O) groups is 1. The zero-order valence-corrected chi connectivity index (χ0v) is 10.7. The van der Waals surface area contributed by atoms with Crippen LogP contribution in [0.15, 0.2) is 23.1 Å². The second-order valence-corrected chi connectivity index (χ2v) is 5.29. The number of nitrogens with one attached hydrogen (secondary N) is 2. The van der Waals surface area contributed by atoms with E-state index in [9.17, 15) is 17.6 Å². The van der Waals surface area contributed by atoms with Crippen LogP contribution in [-0.2, 0) is 14.8 Å². The highest BCUT2D eigenvalue weighted by atomic mass is 32.2. The lowest BCUT2D eigenvalue weighted by Crippen LogP contribution is -2.43. The number of likely N-dealkylation sites (N-methyl/N-ethyl adjacent to an activating group) is 1. The SMILES string of the molecule is CNC(=O)C(C)NS(=O)(=O)c1cccc(F)c1N. The van der Waals surface area contributed by atoms with E-state index in [0.29, 0.717) is 0 Å². The largest absolute Gasteiger partial charge is 0.395 e. The van der Waals surface area contributed by atoms with Crippen molar-refractivity contribution in [2.45, 2.75) is 17.9 Å². The van der Waals surface area contributed by atoms with Crippen molar-refractivity contribution in [1.82, 2.24) is 10.0 Å². The van der Waals surface area contributed by atoms with Crippen LogP contribution in [0.4, 0.5) is 10.1 Å². The number of anilines is 1. The summed E-state index contributed by atoms with van der Waals surface area (Å²) in [6, 6.07) is 2.46. The van der Waals surface area contributed by atoms with Gasteiger partial charge in [-0.1, -0.05) is 6.07 Å². The Morgan fingerprint density at radius 2 is 2.06 bits per heavy atom. The molecular formula is C10H14FN3O3S. The standard InChI is InChI=1S/C10H14FN3O3S/c1-6(10(15)13-2)14-18(16,17)8-5-3-4-7(11)9(8)12/h3-6,14H,12H2,1-2H3,(H,13,15). The molecule has 0 aliphatic carbocycles. The third-order valence-electron chi connectivity index (χ3n) is 2.27. The Balaban J connectivity index is 3.08. The monoisotopic (exact) mass is 275 g/mol. The molecule has 100 valence electrons. The first kappa shape index (κ1) is 14.4. The van der Waals surface area contributed by atoms with E-state index in [1.807, 2.05) is 0 Å². The lowest BCUT2D eigenvalue weighted by atomic mass is 10.3. The Labute approximate surface area is 104 Å². The molecule has 0 spiro atoms. The highest BCUT2D eigenvalue weighted by molar-refractivity contribution is 7.89. The van der Waals surface area contributed by atoms with Crippen LogP contribution in [0.1, 0.15) is 6.92 Å². The van der Waals surface area contributed by atoms with E-state index in [1.54, 1.807) is 0 Å². The number of hydrogen-bond acceptors (Lipinski definition) is 4. The van der Waals surface area contributed by atoms with Gasteiger partial charge in [0.25, 0.3) is 0 Å². The first-order chi connectivity index (χ1) is 8.29. The van der Waals surface area contributed by atoms with E-state index < -0.39 is 38.4 Å². The van der Waals surface area contributed by atoms with Gasteiger partial charge in [0.05, 0.1) is 11.7 Å². The van der Waals surface area contributed by atoms with E-state index in [2.05, 4.69) is 10.0 Å². The molecule has 1 unspecified atom stereocenters. The summed E-state index contributed by atoms with van der Waals surface area (Å²) in [5.74, 6) is -1.33. The fraction of sp³-hybridized carbons (Fsp3) is 0.300. The molecule has 4 N–H and O–H groups in total. The Bertz CT molecular complexity index is 559. The maximum Gasteiger partial charge on any atom is 0.243 e. The quantitative estimate of drug-likeness (QED) is 0.663. The maximum absolute atomic E-state index is 13.2. The molecule has 0 aromatic heterocycles. The molecule has 1 atom stereocenters. The molecule has 0 fully saturated rings. The minimum Gasteiger partial charge on any atom is -0.395 e. The maximum atomic E-state index is 13.2. The van der Waals surface area contributed by atoms with Crippen molar-refractivity contribution in [3.63, 3.8) is 0 Å². The number of amides is 1. The molecule has 0 heterocycles. The number of benzene rings is 1. The Kier molecular flexibility index (Phi) is 4.25. The molecule has 18 heavy (non-hydrogen) atoms. The molecule has 1 rings (SSSR count). The van der Waals surface area contributed by atoms with Gasteiger partial charge in [-0.15, -0.1) is 0 Å². The number of rotatable bonds is 4. The van der Waals surface area contributed by atoms with Crippen LogP contribution >= 0.6 is 0 Å². The van der Waals surface area contributed by atoms with Crippen molar-refractivity contribution in [2.75, 3.05) is 12.8 Å². The summed E-state index contributed by atoms with van der Waals surface area (Å²) in [6.07, 6.45) is 0. The van der Waals surface area contributed by atoms with Gasteiger partial charge in [-0.25, -0.2) is 12.8 Å². The van der Waals surface area contributed by atoms with Crippen molar-refractivity contribution in [3.8, 4) is 0 Å². The average Bonchev–Trinajstić information content (AvgIpc) is 2.30. The van der Waals surface area contributed by atoms with Crippen LogP contribution in [-0.4, -0.2) is 27.4 Å². The summed E-state index contributed by atoms with van der Waals surface area (Å²) in [4.78, 5) is 10.8. The van der Waals surface area contributed by atoms with Crippen LogP contribution in [0.5, 0.6) is 0 Å². The molecule has 1 amide bonds. The lowest BCUT2D eigenvalue weighted by Gasteiger charge is -2.14. The number of nitrogens with two attached hydrogens (primary N) is 1. The number of sulfonamides is 1. The zero-order chi connectivity index (χ0) is 13.9. The van der Waals surface area contributed by atoms with Crippen LogP contribution < -0.4 is 15.8 Å². The summed E-state index contributed by atoms with van der Waals surface area (Å²) >= 11 is 0. The molecule has 0 aliphatic heterocycles. The van der Waals surface area contributed by atoms with Gasteiger partial charge in [-0.05, 0) is 19.1 Å². The van der Waals surface area contributed by atoms with E-state index in [-0.39, 0.29) is 0 Å². The van der Waals surface area contributed by atoms with E-state index in [0.717, 1.165) is 12.1 Å². The number of halogens is 1. The summed E-state index contributed by atoms with van der Waals surface area (Å²) < 4.78 is 39.1. The van der Waals surface area contributed by atoms with Gasteiger partial charge in [0.15, 0.2) is 0 Å². The molecule has 0 saturated carbocycles. The molecule has 0 saturated heterocycles. The predicted octanol–water partition coefficient (Wildman–Crippen LogP) is -0.179. The predicted molar refractivity (Wildman–Crippen MR) is 64.7 cm³/mol. The molecule has 0 radical (unpaired) electrons. The van der Waals surface area contributed by atoms with Crippen LogP contribution in [0.3, 0.4) is 0 Å². The van der Waals surface area contributed by atoms with Crippen molar-refractivity contribution in [2.24, 2.45) is 0 Å². The minimum absolute atomic E-state index is 0.391. The zero-order valence-electron chi connectivity index (χ0n) is 9.90. The smallest absolute Gasteiger partial charge is 0.243 e. The van der Waals surface area contributed by atoms with Crippen molar-refractivity contribution < 1.29 is 17.6 Å². The van der Waals surface area contributed by atoms with Crippen molar-refractivity contribution in [1.29, 1.82) is 0 Å². The van der Waals surface area contributed by atoms with E-state index in [4.69, 9.17) is 5.73 Å². The second kappa shape index (κ2) is 5.32. The number of para-hydroxylation sites is 1. The average molecular weight is 275 g/mol. The summed E-state index contributed by atoms with van der Waals surface area (Å²) in [5, 5.41) is 2.29. The molecule has 1 aromatic carbocycles. The lowest BCUT2D eigenvalue weighted by molar-refractivity contribution is -0.121. The first-order valence-electron chi connectivity index (χ1n) is 5.07. The van der Waals surface area contributed by atoms with Gasteiger partial charge in [-0.2, -0.15) is 4.72 Å². The number of hydrogen-bond donors (Lipinski definition) is 3. The van der Waals surface area contributed by atoms with Gasteiger partial charge >= 0.3 is 0 Å². The molecule has 0 bridgehead atoms. The van der Waals surface area contributed by atoms with Crippen molar-refractivity contribution in [3.05, 3.63) is 24.0 Å². The summed E-state index contributed by atoms with van der Waals surface area (Å²) in [6.45, 7) is 1.37. The Morgan fingerprint density at radius 3 is 2.61 bits per heavy atom. The molecule has 1 aromatic rings. The highest BCUT2D eigenvalue weighted by Gasteiger charge is 2.24. The van der Waals surface area contributed by atoms with Gasteiger partial charge in [-0.3, -0.25) is 4.79 Å². The van der Waals surface area contributed by atoms with Crippen molar-refractivity contribution >= 4 is 21.6 Å². The fourth-order valence-electron chi connectivity index (χ4n) is 1.32. The Morgan fingerprint density at radius 1 is 1.44 bits per heavy atom. The molecule has 8 heteroatoms. The third-order valence-corrected chi connectivity index (χ3v) is 3.87. The van der Waals surface area contributed by atoms with Crippen LogP contribution in [0.2, 0.25) is 0 Å². The Hall–Kier alpha value is -1.67. The van der Waals surface area contributed by atoms with Gasteiger partial charge in [0, 0.05) is 7.05 Å². The van der Waals surface area contributed by atoms with Gasteiger partial charge in [0.2, 0.25) is 15.9 Å². The summed E-state index contributed by atoms with van der Waals surface area (Å²) in [5.41, 5.74) is 4.88. The van der Waals surface area contributed by atoms with Crippen LogP contribution in [0, 0.1) is 5.82 Å². The number of carbonyl (C=O) groups excluding carboxylic acids is 1.